The quantitative estimate of drug-likeness (QED) is 0.608. The number of aryl methyl sites for hydroxylation is 1. The van der Waals surface area contributed by atoms with Crippen LogP contribution in [0.3, 0.4) is 0 Å². The lowest BCUT2D eigenvalue weighted by molar-refractivity contribution is 0.622. The predicted molar refractivity (Wildman–Crippen MR) is 56.6 cm³/mol. The molecule has 13 heavy (non-hydrogen) atoms. The molecule has 0 aliphatic rings. The fourth-order valence-electron chi connectivity index (χ4n) is 1.10. The first-order valence-electron chi connectivity index (χ1n) is 4.86. The summed E-state index contributed by atoms with van der Waals surface area (Å²) in [5, 5.41) is 0. The molecule has 0 fully saturated rings. The summed E-state index contributed by atoms with van der Waals surface area (Å²) in [6.45, 7) is 10.0. The average molecular weight is 182 g/mol. The lowest BCUT2D eigenvalue weighted by Crippen LogP contribution is -1.89. The van der Waals surface area contributed by atoms with E-state index in [1.54, 1.807) is 12.1 Å². The highest BCUT2D eigenvalue weighted by Gasteiger charge is 2.00. The van der Waals surface area contributed by atoms with Gasteiger partial charge in [-0.3, -0.25) is 0 Å². The molecule has 0 amide bonds. The highest BCUT2D eigenvalue weighted by Crippen LogP contribution is 2.16. The molecule has 0 nitrogen and oxygen atoms in total. The maximum Gasteiger partial charge on any atom is 0.123 e. The van der Waals surface area contributed by atoms with Crippen molar-refractivity contribution in [2.24, 2.45) is 0 Å². The average Bonchev–Trinajstić information content (AvgIpc) is 2.06. The molecule has 0 aliphatic heterocycles. The molecule has 0 atom stereocenters. The summed E-state index contributed by atoms with van der Waals surface area (Å²) >= 11 is 0. The molecule has 0 saturated carbocycles. The second-order valence-corrected chi connectivity index (χ2v) is 3.22. The van der Waals surface area contributed by atoms with Crippen molar-refractivity contribution in [2.75, 3.05) is 0 Å². The van der Waals surface area contributed by atoms with Gasteiger partial charge in [-0.25, -0.2) is 4.39 Å². The Labute approximate surface area is 80.8 Å². The van der Waals surface area contributed by atoms with Crippen LogP contribution in [0.15, 0.2) is 18.2 Å². The fourth-order valence-corrected chi connectivity index (χ4v) is 1.10. The van der Waals surface area contributed by atoms with Crippen LogP contribution >= 0.6 is 0 Å². The number of rotatable bonds is 1. The van der Waals surface area contributed by atoms with Gasteiger partial charge in [0.25, 0.3) is 0 Å². The molecule has 0 N–H and O–H groups in total. The summed E-state index contributed by atoms with van der Waals surface area (Å²) < 4.78 is 12.8. The van der Waals surface area contributed by atoms with Gasteiger partial charge in [-0.1, -0.05) is 33.8 Å². The first-order valence-corrected chi connectivity index (χ1v) is 4.86. The van der Waals surface area contributed by atoms with E-state index < -0.39 is 0 Å². The van der Waals surface area contributed by atoms with Gasteiger partial charge in [0.1, 0.15) is 5.82 Å². The van der Waals surface area contributed by atoms with Crippen molar-refractivity contribution in [3.63, 3.8) is 0 Å². The molecule has 74 valence electrons. The fraction of sp³-hybridized carbons (Fsp3) is 0.500. The minimum absolute atomic E-state index is 0.131. The lowest BCUT2D eigenvalue weighted by Gasteiger charge is -2.05. The molecule has 0 aliphatic carbocycles. The third kappa shape index (κ3) is 4.07. The summed E-state index contributed by atoms with van der Waals surface area (Å²) in [6, 6.07) is 5.16. The highest BCUT2D eigenvalue weighted by atomic mass is 19.1. The second kappa shape index (κ2) is 5.74. The van der Waals surface area contributed by atoms with Crippen LogP contribution in [0.25, 0.3) is 0 Å². The van der Waals surface area contributed by atoms with Crippen molar-refractivity contribution in [1.82, 2.24) is 0 Å². The monoisotopic (exact) mass is 182 g/mol. The molecular formula is C12H19F. The molecule has 0 saturated heterocycles. The summed E-state index contributed by atoms with van der Waals surface area (Å²) in [7, 11) is 0. The van der Waals surface area contributed by atoms with Gasteiger partial charge in [0.15, 0.2) is 0 Å². The van der Waals surface area contributed by atoms with Crippen LogP contribution in [-0.4, -0.2) is 0 Å². The van der Waals surface area contributed by atoms with E-state index >= 15 is 0 Å². The van der Waals surface area contributed by atoms with Gasteiger partial charge < -0.3 is 0 Å². The van der Waals surface area contributed by atoms with Crippen LogP contribution in [0.2, 0.25) is 0 Å². The number of hydrogen-bond acceptors (Lipinski definition) is 0. The van der Waals surface area contributed by atoms with Crippen molar-refractivity contribution in [1.29, 1.82) is 0 Å². The molecule has 1 aromatic carbocycles. The first-order chi connectivity index (χ1) is 6.09. The van der Waals surface area contributed by atoms with Crippen LogP contribution in [0.5, 0.6) is 0 Å². The molecule has 0 unspecified atom stereocenters. The molecule has 0 radical (unpaired) electrons. The smallest absolute Gasteiger partial charge is 0.123 e. The third-order valence-electron chi connectivity index (χ3n) is 1.73. The van der Waals surface area contributed by atoms with Crippen molar-refractivity contribution in [3.8, 4) is 0 Å². The largest absolute Gasteiger partial charge is 0.207 e. The summed E-state index contributed by atoms with van der Waals surface area (Å²) in [5.41, 5.74) is 2.07. The van der Waals surface area contributed by atoms with Crippen molar-refractivity contribution in [2.45, 2.75) is 40.5 Å². The maximum absolute atomic E-state index is 12.8. The van der Waals surface area contributed by atoms with E-state index in [2.05, 4.69) is 13.8 Å². The van der Waals surface area contributed by atoms with E-state index in [1.165, 1.54) is 0 Å². The minimum Gasteiger partial charge on any atom is -0.207 e. The Balaban J connectivity index is 0.000000671. The SMILES string of the molecule is CC.Cc1cc(F)cc(C(C)C)c1. The Morgan fingerprint density at radius 3 is 2.00 bits per heavy atom. The van der Waals surface area contributed by atoms with Crippen molar-refractivity contribution in [3.05, 3.63) is 35.1 Å². The van der Waals surface area contributed by atoms with Crippen LogP contribution in [-0.2, 0) is 0 Å². The third-order valence-corrected chi connectivity index (χ3v) is 1.73. The number of hydrogen-bond donors (Lipinski definition) is 0. The Hall–Kier alpha value is -0.850. The molecule has 1 rings (SSSR count). The van der Waals surface area contributed by atoms with Gasteiger partial charge >= 0.3 is 0 Å². The zero-order valence-electron chi connectivity index (χ0n) is 9.19. The van der Waals surface area contributed by atoms with Gasteiger partial charge in [0.2, 0.25) is 0 Å². The Bertz CT molecular complexity index is 231. The predicted octanol–water partition coefficient (Wildman–Crippen LogP) is 4.28. The summed E-state index contributed by atoms with van der Waals surface area (Å²) in [6.07, 6.45) is 0. The summed E-state index contributed by atoms with van der Waals surface area (Å²) in [5.74, 6) is 0.276. The first kappa shape index (κ1) is 12.2. The zero-order valence-corrected chi connectivity index (χ0v) is 9.19. The van der Waals surface area contributed by atoms with Gasteiger partial charge in [-0.05, 0) is 36.1 Å². The van der Waals surface area contributed by atoms with Gasteiger partial charge in [-0.15, -0.1) is 0 Å². The van der Waals surface area contributed by atoms with Crippen molar-refractivity contribution >= 4 is 0 Å². The Kier molecular flexibility index (Phi) is 5.36. The number of halogens is 1. The van der Waals surface area contributed by atoms with E-state index in [0.717, 1.165) is 11.1 Å². The number of benzene rings is 1. The molecular weight excluding hydrogens is 163 g/mol. The molecule has 1 aromatic rings. The van der Waals surface area contributed by atoms with Crippen LogP contribution < -0.4 is 0 Å². The molecule has 0 heterocycles. The van der Waals surface area contributed by atoms with Gasteiger partial charge in [0, 0.05) is 0 Å². The van der Waals surface area contributed by atoms with Crippen LogP contribution in [0.1, 0.15) is 44.7 Å². The van der Waals surface area contributed by atoms with E-state index in [0.29, 0.717) is 5.92 Å². The summed E-state index contributed by atoms with van der Waals surface area (Å²) in [4.78, 5) is 0. The Morgan fingerprint density at radius 2 is 1.62 bits per heavy atom. The van der Waals surface area contributed by atoms with Crippen molar-refractivity contribution < 1.29 is 4.39 Å². The molecule has 1 heteroatoms. The standard InChI is InChI=1S/C10H13F.C2H6/c1-7(2)9-4-8(3)5-10(11)6-9;1-2/h4-7H,1-3H3;1-2H3. The topological polar surface area (TPSA) is 0 Å². The zero-order chi connectivity index (χ0) is 10.4. The van der Waals surface area contributed by atoms with E-state index in [9.17, 15) is 4.39 Å². The van der Waals surface area contributed by atoms with E-state index in [4.69, 9.17) is 0 Å². The van der Waals surface area contributed by atoms with Gasteiger partial charge in [-0.2, -0.15) is 0 Å². The molecule has 0 spiro atoms. The second-order valence-electron chi connectivity index (χ2n) is 3.22. The van der Waals surface area contributed by atoms with Crippen LogP contribution in [0.4, 0.5) is 4.39 Å². The van der Waals surface area contributed by atoms with E-state index in [-0.39, 0.29) is 5.82 Å². The normalized spacial score (nSPS) is 9.46. The molecule has 0 bridgehead atoms. The van der Waals surface area contributed by atoms with E-state index in [1.807, 2.05) is 26.8 Å². The minimum atomic E-state index is -0.131. The van der Waals surface area contributed by atoms with Gasteiger partial charge in [0.05, 0.1) is 0 Å². The molecule has 0 aromatic heterocycles. The van der Waals surface area contributed by atoms with Crippen LogP contribution in [0, 0.1) is 12.7 Å². The Morgan fingerprint density at radius 1 is 1.08 bits per heavy atom. The maximum atomic E-state index is 12.8. The highest BCUT2D eigenvalue weighted by molar-refractivity contribution is 5.25. The lowest BCUT2D eigenvalue weighted by atomic mass is 10.0.